The summed E-state index contributed by atoms with van der Waals surface area (Å²) in [5.41, 5.74) is 1.10. The zero-order valence-corrected chi connectivity index (χ0v) is 14.8. The van der Waals surface area contributed by atoms with E-state index in [1.807, 2.05) is 0 Å². The van der Waals surface area contributed by atoms with Crippen LogP contribution in [0.1, 0.15) is 42.0 Å². The zero-order valence-electron chi connectivity index (χ0n) is 13.3. The van der Waals surface area contributed by atoms with Crippen molar-refractivity contribution in [2.75, 3.05) is 5.32 Å². The first kappa shape index (κ1) is 17.0. The molecule has 0 unspecified atom stereocenters. The smallest absolute Gasteiger partial charge is 0.270 e. The summed E-state index contributed by atoms with van der Waals surface area (Å²) >= 11 is 11.9. The van der Waals surface area contributed by atoms with Gasteiger partial charge in [0, 0.05) is 17.8 Å². The predicted molar refractivity (Wildman–Crippen MR) is 96.2 cm³/mol. The molecule has 3 rings (SSSR count). The molecule has 126 valence electrons. The molecule has 0 saturated heterocycles. The standard InChI is InChI=1S/C17H18Cl2N4O/c1-10-20-15(17(24)23-11-4-2-3-5-11)9-16(21-10)22-12-6-7-13(18)14(19)8-12/h6-9,11H,2-5H2,1H3,(H,23,24)(H,20,21,22). The van der Waals surface area contributed by atoms with Gasteiger partial charge >= 0.3 is 0 Å². The number of hydrogen-bond donors (Lipinski definition) is 2. The van der Waals surface area contributed by atoms with Crippen molar-refractivity contribution < 1.29 is 4.79 Å². The van der Waals surface area contributed by atoms with Crippen molar-refractivity contribution in [1.82, 2.24) is 15.3 Å². The average Bonchev–Trinajstić information content (AvgIpc) is 3.03. The second-order valence-electron chi connectivity index (χ2n) is 5.89. The quantitative estimate of drug-likeness (QED) is 0.837. The van der Waals surface area contributed by atoms with Crippen LogP contribution in [0.25, 0.3) is 0 Å². The molecular formula is C17H18Cl2N4O. The number of nitrogens with one attached hydrogen (secondary N) is 2. The molecule has 5 nitrogen and oxygen atoms in total. The van der Waals surface area contributed by atoms with Gasteiger partial charge < -0.3 is 10.6 Å². The molecule has 1 aliphatic rings. The number of aromatic nitrogens is 2. The van der Waals surface area contributed by atoms with Gasteiger partial charge in [-0.15, -0.1) is 0 Å². The van der Waals surface area contributed by atoms with Gasteiger partial charge in [0.15, 0.2) is 0 Å². The second kappa shape index (κ2) is 7.36. The highest BCUT2D eigenvalue weighted by molar-refractivity contribution is 6.42. The Morgan fingerprint density at radius 2 is 1.88 bits per heavy atom. The Hall–Kier alpha value is -1.85. The van der Waals surface area contributed by atoms with Crippen molar-refractivity contribution in [3.63, 3.8) is 0 Å². The number of carbonyl (C=O) groups excluding carboxylic acids is 1. The maximum atomic E-state index is 12.4. The van der Waals surface area contributed by atoms with E-state index in [9.17, 15) is 4.79 Å². The van der Waals surface area contributed by atoms with E-state index < -0.39 is 0 Å². The Labute approximate surface area is 150 Å². The third-order valence-electron chi connectivity index (χ3n) is 3.95. The molecule has 1 heterocycles. The van der Waals surface area contributed by atoms with Gasteiger partial charge in [-0.3, -0.25) is 4.79 Å². The Kier molecular flexibility index (Phi) is 5.21. The predicted octanol–water partition coefficient (Wildman–Crippen LogP) is 4.51. The van der Waals surface area contributed by atoms with Crippen LogP contribution in [0, 0.1) is 6.92 Å². The largest absolute Gasteiger partial charge is 0.348 e. The summed E-state index contributed by atoms with van der Waals surface area (Å²) < 4.78 is 0. The average molecular weight is 365 g/mol. The third-order valence-corrected chi connectivity index (χ3v) is 4.69. The molecule has 0 aliphatic heterocycles. The van der Waals surface area contributed by atoms with Crippen LogP contribution in [0.2, 0.25) is 10.0 Å². The van der Waals surface area contributed by atoms with E-state index in [2.05, 4.69) is 20.6 Å². The van der Waals surface area contributed by atoms with E-state index in [1.165, 1.54) is 0 Å². The van der Waals surface area contributed by atoms with Crippen molar-refractivity contribution >= 4 is 40.6 Å². The number of rotatable bonds is 4. The monoisotopic (exact) mass is 364 g/mol. The van der Waals surface area contributed by atoms with E-state index in [0.29, 0.717) is 27.4 Å². The van der Waals surface area contributed by atoms with Crippen LogP contribution in [0.5, 0.6) is 0 Å². The number of anilines is 2. The Morgan fingerprint density at radius 3 is 2.58 bits per heavy atom. The number of nitrogens with zero attached hydrogens (tertiary/aromatic N) is 2. The minimum atomic E-state index is -0.162. The lowest BCUT2D eigenvalue weighted by atomic mass is 10.2. The number of benzene rings is 1. The molecular weight excluding hydrogens is 347 g/mol. The van der Waals surface area contributed by atoms with Crippen molar-refractivity contribution in [2.45, 2.75) is 38.6 Å². The molecule has 2 N–H and O–H groups in total. The molecule has 0 radical (unpaired) electrons. The molecule has 1 saturated carbocycles. The lowest BCUT2D eigenvalue weighted by molar-refractivity contribution is 0.0932. The van der Waals surface area contributed by atoms with E-state index in [-0.39, 0.29) is 11.9 Å². The summed E-state index contributed by atoms with van der Waals surface area (Å²) in [5, 5.41) is 7.10. The van der Waals surface area contributed by atoms with Gasteiger partial charge in [-0.05, 0) is 38.0 Å². The minimum Gasteiger partial charge on any atom is -0.348 e. The maximum absolute atomic E-state index is 12.4. The molecule has 0 bridgehead atoms. The lowest BCUT2D eigenvalue weighted by Crippen LogP contribution is -2.33. The van der Waals surface area contributed by atoms with Gasteiger partial charge in [0.2, 0.25) is 0 Å². The fourth-order valence-corrected chi connectivity index (χ4v) is 3.10. The number of amides is 1. The first-order valence-electron chi connectivity index (χ1n) is 7.90. The van der Waals surface area contributed by atoms with Crippen LogP contribution in [0.15, 0.2) is 24.3 Å². The first-order valence-corrected chi connectivity index (χ1v) is 8.65. The molecule has 24 heavy (non-hydrogen) atoms. The SMILES string of the molecule is Cc1nc(Nc2ccc(Cl)c(Cl)c2)cc(C(=O)NC2CCCC2)n1. The van der Waals surface area contributed by atoms with Crippen LogP contribution in [0.3, 0.4) is 0 Å². The number of aryl methyl sites for hydroxylation is 1. The van der Waals surface area contributed by atoms with Crippen LogP contribution in [0.4, 0.5) is 11.5 Å². The number of hydrogen-bond acceptors (Lipinski definition) is 4. The van der Waals surface area contributed by atoms with Crippen LogP contribution in [-0.2, 0) is 0 Å². The van der Waals surface area contributed by atoms with Gasteiger partial charge in [-0.25, -0.2) is 9.97 Å². The lowest BCUT2D eigenvalue weighted by Gasteiger charge is -2.13. The zero-order chi connectivity index (χ0) is 17.1. The summed E-state index contributed by atoms with van der Waals surface area (Å²) in [6.45, 7) is 1.76. The fourth-order valence-electron chi connectivity index (χ4n) is 2.80. The van der Waals surface area contributed by atoms with Crippen molar-refractivity contribution in [2.24, 2.45) is 0 Å². The topological polar surface area (TPSA) is 66.9 Å². The summed E-state index contributed by atoms with van der Waals surface area (Å²) in [4.78, 5) is 20.9. The molecule has 7 heteroatoms. The Bertz CT molecular complexity index is 760. The van der Waals surface area contributed by atoms with Gasteiger partial charge in [0.05, 0.1) is 10.0 Å². The van der Waals surface area contributed by atoms with E-state index in [1.54, 1.807) is 31.2 Å². The highest BCUT2D eigenvalue weighted by Crippen LogP contribution is 2.26. The van der Waals surface area contributed by atoms with Crippen molar-refractivity contribution in [3.8, 4) is 0 Å². The maximum Gasteiger partial charge on any atom is 0.270 e. The van der Waals surface area contributed by atoms with Crippen molar-refractivity contribution in [1.29, 1.82) is 0 Å². The Morgan fingerprint density at radius 1 is 1.12 bits per heavy atom. The first-order chi connectivity index (χ1) is 11.5. The summed E-state index contributed by atoms with van der Waals surface area (Å²) in [5.74, 6) is 0.902. The van der Waals surface area contributed by atoms with Crippen LogP contribution < -0.4 is 10.6 Å². The molecule has 2 aromatic rings. The second-order valence-corrected chi connectivity index (χ2v) is 6.71. The highest BCUT2D eigenvalue weighted by atomic mass is 35.5. The van der Waals surface area contributed by atoms with E-state index >= 15 is 0 Å². The van der Waals surface area contributed by atoms with Crippen LogP contribution >= 0.6 is 23.2 Å². The van der Waals surface area contributed by atoms with E-state index in [4.69, 9.17) is 23.2 Å². The van der Waals surface area contributed by atoms with Crippen LogP contribution in [-0.4, -0.2) is 21.9 Å². The molecule has 1 fully saturated rings. The molecule has 1 aliphatic carbocycles. The fraction of sp³-hybridized carbons (Fsp3) is 0.353. The normalized spacial score (nSPS) is 14.6. The summed E-state index contributed by atoms with van der Waals surface area (Å²) in [7, 11) is 0. The molecule has 1 amide bonds. The van der Waals surface area contributed by atoms with Crippen molar-refractivity contribution in [3.05, 3.63) is 45.8 Å². The molecule has 1 aromatic carbocycles. The summed E-state index contributed by atoms with van der Waals surface area (Å²) in [6.07, 6.45) is 4.39. The number of halogens is 2. The van der Waals surface area contributed by atoms with Gasteiger partial charge in [0.25, 0.3) is 5.91 Å². The van der Waals surface area contributed by atoms with Gasteiger partial charge in [-0.2, -0.15) is 0 Å². The molecule has 0 spiro atoms. The molecule has 1 aromatic heterocycles. The van der Waals surface area contributed by atoms with E-state index in [0.717, 1.165) is 31.4 Å². The third kappa shape index (κ3) is 4.16. The molecule has 0 atom stereocenters. The minimum absolute atomic E-state index is 0.162. The summed E-state index contributed by atoms with van der Waals surface area (Å²) in [6, 6.07) is 7.09. The van der Waals surface area contributed by atoms with Gasteiger partial charge in [0.1, 0.15) is 17.3 Å². The Balaban J connectivity index is 1.77. The number of carbonyl (C=O) groups is 1. The highest BCUT2D eigenvalue weighted by Gasteiger charge is 2.19. The van der Waals surface area contributed by atoms with Gasteiger partial charge in [-0.1, -0.05) is 36.0 Å².